The van der Waals surface area contributed by atoms with Crippen LogP contribution in [0.4, 0.5) is 0 Å². The van der Waals surface area contributed by atoms with Gasteiger partial charge in [-0.25, -0.2) is 4.79 Å². The van der Waals surface area contributed by atoms with Gasteiger partial charge in [0.2, 0.25) is 0 Å². The molecule has 0 fully saturated rings. The second-order valence-electron chi connectivity index (χ2n) is 4.74. The molecule has 0 aromatic heterocycles. The molecule has 0 aliphatic rings. The van der Waals surface area contributed by atoms with Crippen LogP contribution in [0.25, 0.3) is 0 Å². The van der Waals surface area contributed by atoms with E-state index in [1.165, 1.54) is 0 Å². The fraction of sp³-hybridized carbons (Fsp3) is 0.857. The van der Waals surface area contributed by atoms with E-state index in [1.54, 1.807) is 0 Å². The molecule has 120 valence electrons. The number of carboxylic acids is 2. The first-order valence-electron chi connectivity index (χ1n) is 7.15. The minimum Gasteiger partial charge on any atom is -0.481 e. The summed E-state index contributed by atoms with van der Waals surface area (Å²) >= 11 is 0. The van der Waals surface area contributed by atoms with Crippen LogP contribution in [0.1, 0.15) is 65.2 Å². The summed E-state index contributed by atoms with van der Waals surface area (Å²) in [4.78, 5) is 20.0. The molecule has 0 heterocycles. The van der Waals surface area contributed by atoms with Crippen molar-refractivity contribution in [2.75, 3.05) is 0 Å². The zero-order valence-electron chi connectivity index (χ0n) is 12.4. The predicted molar refractivity (Wildman–Crippen MR) is 75.6 cm³/mol. The lowest BCUT2D eigenvalue weighted by Gasteiger charge is -2.03. The number of aliphatic hydroxyl groups excluding tert-OH is 2. The van der Waals surface area contributed by atoms with Gasteiger partial charge in [0, 0.05) is 0 Å². The molecule has 0 saturated carbocycles. The molecule has 20 heavy (non-hydrogen) atoms. The smallest absolute Gasteiger partial charge is 0.332 e. The molecule has 0 aliphatic heterocycles. The Morgan fingerprint density at radius 2 is 1.50 bits per heavy atom. The van der Waals surface area contributed by atoms with E-state index in [9.17, 15) is 9.59 Å². The van der Waals surface area contributed by atoms with Gasteiger partial charge in [0.05, 0.1) is 12.5 Å². The fourth-order valence-electron chi connectivity index (χ4n) is 1.52. The van der Waals surface area contributed by atoms with Gasteiger partial charge in [0.1, 0.15) is 0 Å². The Labute approximate surface area is 120 Å². The Morgan fingerprint density at radius 3 is 1.90 bits per heavy atom. The number of unbranched alkanes of at least 4 members (excludes halogenated alkanes) is 3. The van der Waals surface area contributed by atoms with Gasteiger partial charge in [-0.3, -0.25) is 4.79 Å². The highest BCUT2D eigenvalue weighted by molar-refractivity contribution is 5.71. The van der Waals surface area contributed by atoms with Gasteiger partial charge in [-0.05, 0) is 12.8 Å². The molecule has 0 aromatic rings. The van der Waals surface area contributed by atoms with Crippen LogP contribution >= 0.6 is 0 Å². The summed E-state index contributed by atoms with van der Waals surface area (Å²) in [7, 11) is 0. The average molecular weight is 292 g/mol. The zero-order chi connectivity index (χ0) is 16.0. The first kappa shape index (κ1) is 21.2. The first-order chi connectivity index (χ1) is 9.34. The highest BCUT2D eigenvalue weighted by Crippen LogP contribution is 2.05. The molecule has 0 rings (SSSR count). The summed E-state index contributed by atoms with van der Waals surface area (Å²) in [6.45, 7) is 4.00. The van der Waals surface area contributed by atoms with E-state index in [4.69, 9.17) is 20.4 Å². The topological polar surface area (TPSA) is 115 Å². The summed E-state index contributed by atoms with van der Waals surface area (Å²) in [6.07, 6.45) is 3.90. The number of rotatable bonds is 10. The molecule has 0 aromatic carbocycles. The van der Waals surface area contributed by atoms with Crippen LogP contribution in [-0.4, -0.2) is 44.6 Å². The largest absolute Gasteiger partial charge is 0.481 e. The summed E-state index contributed by atoms with van der Waals surface area (Å²) in [6, 6.07) is 0. The van der Waals surface area contributed by atoms with Gasteiger partial charge in [0.25, 0.3) is 0 Å². The summed E-state index contributed by atoms with van der Waals surface area (Å²) in [5.74, 6) is -2.04. The van der Waals surface area contributed by atoms with Crippen LogP contribution in [0.3, 0.4) is 0 Å². The second-order valence-corrected chi connectivity index (χ2v) is 4.74. The van der Waals surface area contributed by atoms with Crippen molar-refractivity contribution < 1.29 is 30.0 Å². The first-order valence-corrected chi connectivity index (χ1v) is 7.15. The highest BCUT2D eigenvalue weighted by atomic mass is 16.4. The Kier molecular flexibility index (Phi) is 15.1. The van der Waals surface area contributed by atoms with E-state index in [0.29, 0.717) is 12.8 Å². The molecule has 0 amide bonds. The standard InChI is InChI=1S/C8H16O3.C6H12O3/c1-2-3-4-5-6-7(9)8(10)11;1-2-3-5(7)4-6(8)9/h7,9H,2-6H2,1H3,(H,10,11);5,7H,2-4H2,1H3,(H,8,9). The minimum absolute atomic E-state index is 0.131. The van der Waals surface area contributed by atoms with Crippen LogP contribution in [0.15, 0.2) is 0 Å². The number of carboxylic acid groups (broad SMARTS) is 2. The van der Waals surface area contributed by atoms with Crippen molar-refractivity contribution in [2.24, 2.45) is 0 Å². The Bertz CT molecular complexity index is 254. The summed E-state index contributed by atoms with van der Waals surface area (Å²) in [5.41, 5.74) is 0. The molecule has 2 unspecified atom stereocenters. The van der Waals surface area contributed by atoms with E-state index < -0.39 is 24.1 Å². The third-order valence-corrected chi connectivity index (χ3v) is 2.65. The van der Waals surface area contributed by atoms with Crippen molar-refractivity contribution >= 4 is 11.9 Å². The van der Waals surface area contributed by atoms with E-state index in [0.717, 1.165) is 32.1 Å². The van der Waals surface area contributed by atoms with Crippen molar-refractivity contribution in [1.82, 2.24) is 0 Å². The predicted octanol–water partition coefficient (Wildman–Crippen LogP) is 2.02. The SMILES string of the molecule is CCCC(O)CC(=O)O.CCCCCCC(O)C(=O)O. The maximum absolute atomic E-state index is 10.1. The van der Waals surface area contributed by atoms with E-state index in [2.05, 4.69) is 6.92 Å². The third kappa shape index (κ3) is 16.9. The monoisotopic (exact) mass is 292 g/mol. The van der Waals surface area contributed by atoms with Crippen LogP contribution < -0.4 is 0 Å². The lowest BCUT2D eigenvalue weighted by atomic mass is 10.1. The second kappa shape index (κ2) is 14.3. The van der Waals surface area contributed by atoms with Crippen LogP contribution in [0.2, 0.25) is 0 Å². The van der Waals surface area contributed by atoms with Crippen LogP contribution in [0.5, 0.6) is 0 Å². The van der Waals surface area contributed by atoms with E-state index in [1.807, 2.05) is 6.92 Å². The summed E-state index contributed by atoms with van der Waals surface area (Å²) in [5, 5.41) is 34.1. The number of hydrogen-bond donors (Lipinski definition) is 4. The maximum atomic E-state index is 10.1. The van der Waals surface area contributed by atoms with Crippen molar-refractivity contribution in [1.29, 1.82) is 0 Å². The van der Waals surface area contributed by atoms with Crippen molar-refractivity contribution in [3.8, 4) is 0 Å². The van der Waals surface area contributed by atoms with Crippen molar-refractivity contribution in [3.05, 3.63) is 0 Å². The Morgan fingerprint density at radius 1 is 0.900 bits per heavy atom. The molecule has 2 atom stereocenters. The molecular weight excluding hydrogens is 264 g/mol. The third-order valence-electron chi connectivity index (χ3n) is 2.65. The average Bonchev–Trinajstić information content (AvgIpc) is 2.34. The van der Waals surface area contributed by atoms with Crippen molar-refractivity contribution in [2.45, 2.75) is 77.4 Å². The number of aliphatic carboxylic acids is 2. The highest BCUT2D eigenvalue weighted by Gasteiger charge is 2.11. The van der Waals surface area contributed by atoms with Gasteiger partial charge in [-0.15, -0.1) is 0 Å². The van der Waals surface area contributed by atoms with Crippen LogP contribution in [-0.2, 0) is 9.59 Å². The van der Waals surface area contributed by atoms with E-state index >= 15 is 0 Å². The molecular formula is C14H28O6. The molecule has 4 N–H and O–H groups in total. The number of aliphatic hydroxyl groups is 2. The normalized spacial score (nSPS) is 13.0. The molecule has 6 heteroatoms. The van der Waals surface area contributed by atoms with Crippen LogP contribution in [0, 0.1) is 0 Å². The Hall–Kier alpha value is -1.14. The molecule has 0 saturated heterocycles. The molecule has 6 nitrogen and oxygen atoms in total. The van der Waals surface area contributed by atoms with Gasteiger partial charge in [0.15, 0.2) is 6.10 Å². The van der Waals surface area contributed by atoms with Gasteiger partial charge in [-0.1, -0.05) is 46.0 Å². The number of carbonyl (C=O) groups is 2. The molecule has 0 bridgehead atoms. The van der Waals surface area contributed by atoms with Crippen molar-refractivity contribution in [3.63, 3.8) is 0 Å². The molecule has 0 spiro atoms. The van der Waals surface area contributed by atoms with Gasteiger partial charge >= 0.3 is 11.9 Å². The minimum atomic E-state index is -1.16. The van der Waals surface area contributed by atoms with Gasteiger partial charge in [-0.2, -0.15) is 0 Å². The quantitative estimate of drug-likeness (QED) is 0.458. The molecule has 0 radical (unpaired) electrons. The summed E-state index contributed by atoms with van der Waals surface area (Å²) < 4.78 is 0. The maximum Gasteiger partial charge on any atom is 0.332 e. The Balaban J connectivity index is 0. The lowest BCUT2D eigenvalue weighted by Crippen LogP contribution is -2.18. The molecule has 0 aliphatic carbocycles. The van der Waals surface area contributed by atoms with Gasteiger partial charge < -0.3 is 20.4 Å². The number of hydrogen-bond acceptors (Lipinski definition) is 4. The zero-order valence-corrected chi connectivity index (χ0v) is 12.4. The van der Waals surface area contributed by atoms with E-state index in [-0.39, 0.29) is 6.42 Å². The fourth-order valence-corrected chi connectivity index (χ4v) is 1.52. The lowest BCUT2D eigenvalue weighted by molar-refractivity contribution is -0.147.